The van der Waals surface area contributed by atoms with Crippen molar-refractivity contribution in [3.05, 3.63) is 62.7 Å². The predicted octanol–water partition coefficient (Wildman–Crippen LogP) is 4.50. The van der Waals surface area contributed by atoms with E-state index < -0.39 is 10.9 Å². The Morgan fingerprint density at radius 3 is 2.64 bits per heavy atom. The van der Waals surface area contributed by atoms with E-state index in [-0.39, 0.29) is 17.0 Å². The van der Waals surface area contributed by atoms with Crippen molar-refractivity contribution in [2.45, 2.75) is 11.8 Å². The number of thioether (sulfide) groups is 1. The van der Waals surface area contributed by atoms with E-state index in [4.69, 9.17) is 16.3 Å². The fourth-order valence-electron chi connectivity index (χ4n) is 1.81. The highest BCUT2D eigenvalue weighted by Crippen LogP contribution is 2.30. The number of hydrogen-bond donors (Lipinski definition) is 0. The molecule has 0 heterocycles. The summed E-state index contributed by atoms with van der Waals surface area (Å²) in [5.74, 6) is -0.466. The molecule has 0 aliphatic rings. The van der Waals surface area contributed by atoms with Crippen molar-refractivity contribution in [1.82, 2.24) is 0 Å². The van der Waals surface area contributed by atoms with Crippen LogP contribution in [0.1, 0.15) is 15.9 Å². The maximum absolute atomic E-state index is 12.1. The van der Waals surface area contributed by atoms with E-state index >= 15 is 0 Å². The summed E-state index contributed by atoms with van der Waals surface area (Å²) in [5.41, 5.74) is 0.857. The lowest BCUT2D eigenvalue weighted by Gasteiger charge is -2.08. The summed E-state index contributed by atoms with van der Waals surface area (Å²) < 4.78 is 5.22. The van der Waals surface area contributed by atoms with Gasteiger partial charge in [-0.2, -0.15) is 0 Å². The summed E-state index contributed by atoms with van der Waals surface area (Å²) in [7, 11) is 0. The Hall–Kier alpha value is -2.05. The summed E-state index contributed by atoms with van der Waals surface area (Å²) in [6.45, 7) is 1.84. The van der Waals surface area contributed by atoms with Crippen molar-refractivity contribution in [3.63, 3.8) is 0 Å². The number of esters is 1. The zero-order chi connectivity index (χ0) is 16.3. The number of nitro benzene ring substituents is 1. The molecule has 0 saturated heterocycles. The number of aryl methyl sites for hydroxylation is 1. The second-order valence-corrected chi connectivity index (χ2v) is 5.72. The highest BCUT2D eigenvalue weighted by molar-refractivity contribution is 7.98. The first-order valence-corrected chi connectivity index (χ1v) is 7.83. The van der Waals surface area contributed by atoms with Gasteiger partial charge in [-0.05, 0) is 43.0 Å². The number of ether oxygens (including phenoxy) is 1. The van der Waals surface area contributed by atoms with Gasteiger partial charge in [-0.15, -0.1) is 11.8 Å². The van der Waals surface area contributed by atoms with E-state index in [1.54, 1.807) is 24.5 Å². The number of halogens is 1. The summed E-state index contributed by atoms with van der Waals surface area (Å²) >= 11 is 7.21. The standard InChI is InChI=1S/C15H12ClNO4S/c1-9-3-5-11(16)13(7-9)21-15(18)10-4-6-14(22-2)12(8-10)17(19)20/h3-8H,1-2H3. The van der Waals surface area contributed by atoms with Gasteiger partial charge in [0.05, 0.1) is 20.4 Å². The topological polar surface area (TPSA) is 69.4 Å². The van der Waals surface area contributed by atoms with Crippen LogP contribution in [0, 0.1) is 17.0 Å². The van der Waals surface area contributed by atoms with E-state index in [1.165, 1.54) is 30.0 Å². The largest absolute Gasteiger partial charge is 0.421 e. The minimum absolute atomic E-state index is 0.0991. The van der Waals surface area contributed by atoms with Gasteiger partial charge in [0.15, 0.2) is 0 Å². The minimum Gasteiger partial charge on any atom is -0.421 e. The van der Waals surface area contributed by atoms with Crippen LogP contribution in [0.4, 0.5) is 5.69 Å². The Morgan fingerprint density at radius 2 is 2.00 bits per heavy atom. The predicted molar refractivity (Wildman–Crippen MR) is 86.0 cm³/mol. The molecular weight excluding hydrogens is 326 g/mol. The van der Waals surface area contributed by atoms with Crippen molar-refractivity contribution in [2.24, 2.45) is 0 Å². The van der Waals surface area contributed by atoms with Gasteiger partial charge >= 0.3 is 5.97 Å². The molecule has 2 rings (SSSR count). The molecule has 22 heavy (non-hydrogen) atoms. The first-order valence-electron chi connectivity index (χ1n) is 6.23. The smallest absolute Gasteiger partial charge is 0.343 e. The molecule has 7 heteroatoms. The molecule has 0 radical (unpaired) electrons. The molecule has 0 fully saturated rings. The number of benzene rings is 2. The van der Waals surface area contributed by atoms with Crippen molar-refractivity contribution >= 4 is 35.0 Å². The molecule has 2 aromatic rings. The number of rotatable bonds is 4. The average Bonchev–Trinajstić information content (AvgIpc) is 2.50. The molecule has 0 amide bonds. The van der Waals surface area contributed by atoms with E-state index in [0.717, 1.165) is 5.56 Å². The summed E-state index contributed by atoms with van der Waals surface area (Å²) in [6.07, 6.45) is 1.73. The molecule has 2 aromatic carbocycles. The van der Waals surface area contributed by atoms with Crippen molar-refractivity contribution in [2.75, 3.05) is 6.26 Å². The average molecular weight is 338 g/mol. The summed E-state index contributed by atoms with van der Waals surface area (Å²) in [4.78, 5) is 23.1. The highest BCUT2D eigenvalue weighted by atomic mass is 35.5. The fraction of sp³-hybridized carbons (Fsp3) is 0.133. The molecular formula is C15H12ClNO4S. The van der Waals surface area contributed by atoms with Crippen LogP contribution in [0.15, 0.2) is 41.3 Å². The van der Waals surface area contributed by atoms with Gasteiger partial charge in [-0.1, -0.05) is 17.7 Å². The summed E-state index contributed by atoms with van der Waals surface area (Å²) in [5, 5.41) is 11.3. The van der Waals surface area contributed by atoms with Crippen LogP contribution in [0.2, 0.25) is 5.02 Å². The van der Waals surface area contributed by atoms with Crippen molar-refractivity contribution in [1.29, 1.82) is 0 Å². The molecule has 0 saturated carbocycles. The first-order chi connectivity index (χ1) is 10.4. The van der Waals surface area contributed by atoms with E-state index in [1.807, 2.05) is 6.92 Å². The fourth-order valence-corrected chi connectivity index (χ4v) is 2.51. The molecule has 0 atom stereocenters. The van der Waals surface area contributed by atoms with Crippen LogP contribution in [0.3, 0.4) is 0 Å². The third-order valence-electron chi connectivity index (χ3n) is 2.90. The lowest BCUT2D eigenvalue weighted by Crippen LogP contribution is -2.09. The van der Waals surface area contributed by atoms with Gasteiger partial charge in [0, 0.05) is 6.07 Å². The molecule has 0 bridgehead atoms. The Labute approximate surface area is 136 Å². The van der Waals surface area contributed by atoms with Crippen molar-refractivity contribution in [3.8, 4) is 5.75 Å². The van der Waals surface area contributed by atoms with Crippen molar-refractivity contribution < 1.29 is 14.5 Å². The second-order valence-electron chi connectivity index (χ2n) is 4.47. The van der Waals surface area contributed by atoms with Gasteiger partial charge in [0.2, 0.25) is 0 Å². The van der Waals surface area contributed by atoms with E-state index in [2.05, 4.69) is 0 Å². The molecule has 0 unspecified atom stereocenters. The number of hydrogen-bond acceptors (Lipinski definition) is 5. The Kier molecular flexibility index (Phi) is 5.05. The maximum Gasteiger partial charge on any atom is 0.343 e. The number of carbonyl (C=O) groups excluding carboxylic acids is 1. The lowest BCUT2D eigenvalue weighted by atomic mass is 10.2. The van der Waals surface area contributed by atoms with Crippen LogP contribution in [0.5, 0.6) is 5.75 Å². The van der Waals surface area contributed by atoms with E-state index in [9.17, 15) is 14.9 Å². The Morgan fingerprint density at radius 1 is 1.27 bits per heavy atom. The number of nitro groups is 1. The third kappa shape index (κ3) is 3.58. The molecule has 0 aromatic heterocycles. The molecule has 114 valence electrons. The maximum atomic E-state index is 12.1. The van der Waals surface area contributed by atoms with Gasteiger partial charge < -0.3 is 4.74 Å². The SMILES string of the molecule is CSc1ccc(C(=O)Oc2cc(C)ccc2Cl)cc1[N+](=O)[O-]. The second kappa shape index (κ2) is 6.81. The van der Waals surface area contributed by atoms with Gasteiger partial charge in [-0.3, -0.25) is 10.1 Å². The number of carbonyl (C=O) groups is 1. The van der Waals surface area contributed by atoms with Crippen LogP contribution >= 0.6 is 23.4 Å². The quantitative estimate of drug-likeness (QED) is 0.270. The molecule has 5 nitrogen and oxygen atoms in total. The minimum atomic E-state index is -0.691. The van der Waals surface area contributed by atoms with Gasteiger partial charge in [-0.25, -0.2) is 4.79 Å². The Balaban J connectivity index is 2.32. The monoisotopic (exact) mass is 337 g/mol. The lowest BCUT2D eigenvalue weighted by molar-refractivity contribution is -0.387. The summed E-state index contributed by atoms with van der Waals surface area (Å²) in [6, 6.07) is 9.27. The Bertz CT molecular complexity index is 748. The first kappa shape index (κ1) is 16.3. The van der Waals surface area contributed by atoms with Crippen LogP contribution in [0.25, 0.3) is 0 Å². The molecule has 0 aliphatic carbocycles. The molecule has 0 N–H and O–H groups in total. The highest BCUT2D eigenvalue weighted by Gasteiger charge is 2.19. The van der Waals surface area contributed by atoms with E-state index in [0.29, 0.717) is 9.92 Å². The molecule has 0 aliphatic heterocycles. The molecule has 0 spiro atoms. The van der Waals surface area contributed by atoms with Crippen LogP contribution < -0.4 is 4.74 Å². The van der Waals surface area contributed by atoms with Crippen LogP contribution in [-0.2, 0) is 0 Å². The third-order valence-corrected chi connectivity index (χ3v) is 4.00. The zero-order valence-electron chi connectivity index (χ0n) is 11.8. The normalized spacial score (nSPS) is 10.3. The zero-order valence-corrected chi connectivity index (χ0v) is 13.4. The number of nitrogens with zero attached hydrogens (tertiary/aromatic N) is 1. The van der Waals surface area contributed by atoms with Gasteiger partial charge in [0.1, 0.15) is 5.75 Å². The van der Waals surface area contributed by atoms with Crippen LogP contribution in [-0.4, -0.2) is 17.1 Å². The van der Waals surface area contributed by atoms with Gasteiger partial charge in [0.25, 0.3) is 5.69 Å².